The Balaban J connectivity index is 2.17. The van der Waals surface area contributed by atoms with Crippen molar-refractivity contribution < 1.29 is 13.5 Å². The molecule has 0 bridgehead atoms. The van der Waals surface area contributed by atoms with Crippen LogP contribution in [0.3, 0.4) is 0 Å². The zero-order valence-electron chi connectivity index (χ0n) is 15.2. The molecule has 0 unspecified atom stereocenters. The highest BCUT2D eigenvalue weighted by atomic mass is 32.2. The van der Waals surface area contributed by atoms with Crippen molar-refractivity contribution in [3.63, 3.8) is 0 Å². The molecule has 1 saturated heterocycles. The standard InChI is InChI=1S/C16H32BNO3S/c1-14(2,3)22(19)18-13(12-10-8-9-11-12)17-20-15(4,5)16(6,7)21-17/h12-13,18H,8-11H2,1-7H3/t13-,22+/m0/s1. The van der Waals surface area contributed by atoms with Crippen LogP contribution in [0.15, 0.2) is 0 Å². The maximum Gasteiger partial charge on any atom is 0.477 e. The van der Waals surface area contributed by atoms with E-state index in [1.54, 1.807) is 0 Å². The van der Waals surface area contributed by atoms with Gasteiger partial charge in [0, 0.05) is 0 Å². The van der Waals surface area contributed by atoms with Crippen molar-refractivity contribution >= 4 is 18.1 Å². The van der Waals surface area contributed by atoms with Gasteiger partial charge in [0.1, 0.15) is 0 Å². The van der Waals surface area contributed by atoms with E-state index in [4.69, 9.17) is 9.31 Å². The van der Waals surface area contributed by atoms with E-state index >= 15 is 0 Å². The van der Waals surface area contributed by atoms with E-state index in [1.165, 1.54) is 12.8 Å². The number of hydrogen-bond donors (Lipinski definition) is 1. The summed E-state index contributed by atoms with van der Waals surface area (Å²) in [5.74, 6) is 0.463. The summed E-state index contributed by atoms with van der Waals surface area (Å²) in [6, 6.07) is 0. The van der Waals surface area contributed by atoms with Crippen LogP contribution in [0.4, 0.5) is 0 Å². The van der Waals surface area contributed by atoms with Gasteiger partial charge in [0.2, 0.25) is 0 Å². The minimum atomic E-state index is -1.12. The summed E-state index contributed by atoms with van der Waals surface area (Å²) in [6.45, 7) is 14.3. The molecule has 2 aliphatic rings. The van der Waals surface area contributed by atoms with Gasteiger partial charge < -0.3 is 9.31 Å². The van der Waals surface area contributed by atoms with Crippen LogP contribution < -0.4 is 4.72 Å². The van der Waals surface area contributed by atoms with Gasteiger partial charge in [-0.05, 0) is 67.2 Å². The monoisotopic (exact) mass is 329 g/mol. The second-order valence-corrected chi connectivity index (χ2v) is 10.7. The van der Waals surface area contributed by atoms with Crippen molar-refractivity contribution in [2.75, 3.05) is 0 Å². The molecular weight excluding hydrogens is 297 g/mol. The first-order chi connectivity index (χ1) is 9.94. The molecule has 1 saturated carbocycles. The first kappa shape index (κ1) is 18.4. The third-order valence-corrected chi connectivity index (χ3v) is 6.87. The number of nitrogens with one attached hydrogen (secondary N) is 1. The maximum atomic E-state index is 12.6. The Hall–Kier alpha value is 0.0949. The minimum absolute atomic E-state index is 0.0105. The van der Waals surface area contributed by atoms with Gasteiger partial charge in [-0.3, -0.25) is 0 Å². The summed E-state index contributed by atoms with van der Waals surface area (Å²) in [7, 11) is -1.45. The van der Waals surface area contributed by atoms with Crippen LogP contribution in [0.1, 0.15) is 74.1 Å². The lowest BCUT2D eigenvalue weighted by molar-refractivity contribution is 0.00578. The average Bonchev–Trinajstić information content (AvgIpc) is 2.92. The lowest BCUT2D eigenvalue weighted by Gasteiger charge is -2.32. The summed E-state index contributed by atoms with van der Waals surface area (Å²) in [4.78, 5) is 0. The molecule has 4 nitrogen and oxygen atoms in total. The SMILES string of the molecule is CC(C)(C)[S@@](=O)N[C@H](B1OC(C)(C)C(C)(C)O1)C1CCCC1. The zero-order chi connectivity index (χ0) is 16.8. The molecule has 2 atom stereocenters. The highest BCUT2D eigenvalue weighted by molar-refractivity contribution is 7.84. The smallest absolute Gasteiger partial charge is 0.402 e. The Bertz CT molecular complexity index is 412. The Kier molecular flexibility index (Phi) is 5.19. The number of rotatable bonds is 4. The van der Waals surface area contributed by atoms with Crippen LogP contribution >= 0.6 is 0 Å². The Morgan fingerprint density at radius 1 is 1.09 bits per heavy atom. The molecule has 0 spiro atoms. The van der Waals surface area contributed by atoms with Crippen LogP contribution in [0.25, 0.3) is 0 Å². The third-order valence-electron chi connectivity index (χ3n) is 5.27. The van der Waals surface area contributed by atoms with Crippen molar-refractivity contribution in [3.8, 4) is 0 Å². The van der Waals surface area contributed by atoms with Crippen LogP contribution in [0.5, 0.6) is 0 Å². The molecule has 0 aromatic carbocycles. The molecule has 22 heavy (non-hydrogen) atoms. The minimum Gasteiger partial charge on any atom is -0.402 e. The van der Waals surface area contributed by atoms with E-state index in [0.717, 1.165) is 12.8 Å². The molecule has 1 aliphatic carbocycles. The van der Waals surface area contributed by atoms with Gasteiger partial charge in [-0.25, -0.2) is 8.93 Å². The molecule has 2 rings (SSSR count). The Labute approximate surface area is 138 Å². The van der Waals surface area contributed by atoms with Gasteiger partial charge >= 0.3 is 7.12 Å². The van der Waals surface area contributed by atoms with Crippen LogP contribution in [0.2, 0.25) is 0 Å². The first-order valence-corrected chi connectivity index (χ1v) is 9.63. The second kappa shape index (κ2) is 6.19. The Morgan fingerprint density at radius 2 is 1.55 bits per heavy atom. The predicted octanol–water partition coefficient (Wildman–Crippen LogP) is 3.23. The van der Waals surface area contributed by atoms with E-state index in [-0.39, 0.29) is 29.0 Å². The van der Waals surface area contributed by atoms with Crippen LogP contribution in [-0.4, -0.2) is 33.2 Å². The molecule has 1 N–H and O–H groups in total. The fraction of sp³-hybridized carbons (Fsp3) is 1.00. The summed E-state index contributed by atoms with van der Waals surface area (Å²) >= 11 is 0. The lowest BCUT2D eigenvalue weighted by Crippen LogP contribution is -2.53. The fourth-order valence-electron chi connectivity index (χ4n) is 3.03. The van der Waals surface area contributed by atoms with Crippen molar-refractivity contribution in [2.24, 2.45) is 5.92 Å². The van der Waals surface area contributed by atoms with E-state index in [9.17, 15) is 4.21 Å². The molecule has 1 aliphatic heterocycles. The van der Waals surface area contributed by atoms with E-state index < -0.39 is 11.0 Å². The third kappa shape index (κ3) is 3.77. The van der Waals surface area contributed by atoms with Gasteiger partial charge in [0.05, 0.1) is 32.9 Å². The van der Waals surface area contributed by atoms with Crippen LogP contribution in [0, 0.1) is 5.92 Å². The Morgan fingerprint density at radius 3 is 1.95 bits per heavy atom. The first-order valence-electron chi connectivity index (χ1n) is 8.48. The summed E-state index contributed by atoms with van der Waals surface area (Å²) < 4.78 is 28.1. The highest BCUT2D eigenvalue weighted by Gasteiger charge is 2.55. The largest absolute Gasteiger partial charge is 0.477 e. The molecule has 0 aromatic heterocycles. The molecule has 2 fully saturated rings. The molecular formula is C16H32BNO3S. The van der Waals surface area contributed by atoms with Gasteiger partial charge in [-0.1, -0.05) is 12.8 Å². The van der Waals surface area contributed by atoms with Crippen molar-refractivity contribution in [1.82, 2.24) is 4.72 Å². The molecule has 0 amide bonds. The second-order valence-electron chi connectivity index (χ2n) is 8.69. The fourth-order valence-corrected chi connectivity index (χ4v) is 3.93. The van der Waals surface area contributed by atoms with Crippen molar-refractivity contribution in [2.45, 2.75) is 96.0 Å². The summed E-state index contributed by atoms with van der Waals surface area (Å²) in [5, 5.41) is 0. The normalized spacial score (nSPS) is 28.0. The van der Waals surface area contributed by atoms with Gasteiger partial charge in [0.25, 0.3) is 0 Å². The molecule has 0 radical (unpaired) electrons. The van der Waals surface area contributed by atoms with E-state index in [2.05, 4.69) is 32.4 Å². The van der Waals surface area contributed by atoms with Gasteiger partial charge in [-0.2, -0.15) is 0 Å². The van der Waals surface area contributed by atoms with Gasteiger partial charge in [-0.15, -0.1) is 0 Å². The molecule has 6 heteroatoms. The maximum absolute atomic E-state index is 12.6. The average molecular weight is 329 g/mol. The summed E-state index contributed by atoms with van der Waals surface area (Å²) in [6.07, 6.45) is 4.79. The zero-order valence-corrected chi connectivity index (χ0v) is 16.0. The number of hydrogen-bond acceptors (Lipinski definition) is 3. The molecule has 128 valence electrons. The molecule has 1 heterocycles. The van der Waals surface area contributed by atoms with Gasteiger partial charge in [0.15, 0.2) is 0 Å². The quantitative estimate of drug-likeness (QED) is 0.806. The predicted molar refractivity (Wildman–Crippen MR) is 92.9 cm³/mol. The van der Waals surface area contributed by atoms with Crippen LogP contribution in [-0.2, 0) is 20.3 Å². The molecule has 0 aromatic rings. The lowest BCUT2D eigenvalue weighted by atomic mass is 9.71. The summed E-state index contributed by atoms with van der Waals surface area (Å²) in [5.41, 5.74) is -0.696. The highest BCUT2D eigenvalue weighted by Crippen LogP contribution is 2.40. The van der Waals surface area contributed by atoms with Crippen molar-refractivity contribution in [1.29, 1.82) is 0 Å². The topological polar surface area (TPSA) is 47.6 Å². The van der Waals surface area contributed by atoms with E-state index in [0.29, 0.717) is 5.92 Å². The van der Waals surface area contributed by atoms with E-state index in [1.807, 2.05) is 20.8 Å². The van der Waals surface area contributed by atoms with Crippen molar-refractivity contribution in [3.05, 3.63) is 0 Å².